The van der Waals surface area contributed by atoms with Gasteiger partial charge >= 0.3 is 0 Å². The zero-order chi connectivity index (χ0) is 17.5. The fraction of sp³-hybridized carbons (Fsp3) is 0.211. The molecule has 2 aromatic carbocycles. The summed E-state index contributed by atoms with van der Waals surface area (Å²) < 4.78 is 0. The quantitative estimate of drug-likeness (QED) is 0.887. The van der Waals surface area contributed by atoms with Crippen molar-refractivity contribution in [1.29, 1.82) is 5.26 Å². The number of anilines is 1. The molecule has 24 heavy (non-hydrogen) atoms. The molecule has 0 atom stereocenters. The summed E-state index contributed by atoms with van der Waals surface area (Å²) in [5.74, 6) is -0.0389. The molecule has 0 aliphatic heterocycles. The predicted molar refractivity (Wildman–Crippen MR) is 92.7 cm³/mol. The van der Waals surface area contributed by atoms with E-state index in [1.807, 2.05) is 19.9 Å². The lowest BCUT2D eigenvalue weighted by molar-refractivity contribution is 0.0947. The Bertz CT molecular complexity index is 757. The first-order valence-electron chi connectivity index (χ1n) is 7.69. The van der Waals surface area contributed by atoms with Crippen molar-refractivity contribution in [3.05, 3.63) is 65.2 Å². The predicted octanol–water partition coefficient (Wildman–Crippen LogP) is 3.20. The summed E-state index contributed by atoms with van der Waals surface area (Å²) in [6, 6.07) is 15.1. The molecule has 0 heterocycles. The summed E-state index contributed by atoms with van der Waals surface area (Å²) >= 11 is 0. The summed E-state index contributed by atoms with van der Waals surface area (Å²) in [4.78, 5) is 24.1. The monoisotopic (exact) mass is 321 g/mol. The van der Waals surface area contributed by atoms with Gasteiger partial charge in [-0.3, -0.25) is 9.59 Å². The molecule has 0 aliphatic rings. The number of rotatable bonds is 5. The second-order valence-corrected chi connectivity index (χ2v) is 5.82. The number of nitriles is 1. The maximum Gasteiger partial charge on any atom is 0.255 e. The van der Waals surface area contributed by atoms with E-state index < -0.39 is 0 Å². The van der Waals surface area contributed by atoms with Gasteiger partial charge < -0.3 is 10.6 Å². The second-order valence-electron chi connectivity index (χ2n) is 5.82. The number of nitrogens with zero attached hydrogens (tertiary/aromatic N) is 1. The van der Waals surface area contributed by atoms with E-state index in [1.165, 1.54) is 0 Å². The first kappa shape index (κ1) is 17.2. The number of benzene rings is 2. The van der Waals surface area contributed by atoms with Crippen molar-refractivity contribution < 1.29 is 9.59 Å². The molecule has 2 amide bonds. The van der Waals surface area contributed by atoms with E-state index in [0.717, 1.165) is 0 Å². The molecular weight excluding hydrogens is 302 g/mol. The molecular formula is C19H19N3O2. The molecule has 122 valence electrons. The first-order chi connectivity index (χ1) is 11.5. The second kappa shape index (κ2) is 7.93. The Morgan fingerprint density at radius 2 is 1.50 bits per heavy atom. The van der Waals surface area contributed by atoms with Gasteiger partial charge in [0.05, 0.1) is 11.6 Å². The topological polar surface area (TPSA) is 82.0 Å². The highest BCUT2D eigenvalue weighted by Gasteiger charge is 2.09. The standard InChI is InChI=1S/C19H19N3O2/c1-13(2)12-21-18(23)15-5-7-16(8-6-15)19(24)22-17-9-3-14(11-20)4-10-17/h3-10,13H,12H2,1-2H3,(H,21,23)(H,22,24). The van der Waals surface area contributed by atoms with Crippen LogP contribution in [-0.2, 0) is 0 Å². The van der Waals surface area contributed by atoms with Crippen molar-refractivity contribution in [1.82, 2.24) is 5.32 Å². The Labute approximate surface area is 141 Å². The van der Waals surface area contributed by atoms with Crippen molar-refractivity contribution >= 4 is 17.5 Å². The highest BCUT2D eigenvalue weighted by Crippen LogP contribution is 2.12. The smallest absolute Gasteiger partial charge is 0.255 e. The van der Waals surface area contributed by atoms with Gasteiger partial charge in [0.25, 0.3) is 11.8 Å². The van der Waals surface area contributed by atoms with Crippen molar-refractivity contribution in [3.63, 3.8) is 0 Å². The van der Waals surface area contributed by atoms with E-state index >= 15 is 0 Å². The number of hydrogen-bond acceptors (Lipinski definition) is 3. The Morgan fingerprint density at radius 1 is 0.958 bits per heavy atom. The summed E-state index contributed by atoms with van der Waals surface area (Å²) in [6.07, 6.45) is 0. The number of carbonyl (C=O) groups excluding carboxylic acids is 2. The molecule has 0 radical (unpaired) electrons. The van der Waals surface area contributed by atoms with Gasteiger partial charge in [-0.15, -0.1) is 0 Å². The van der Waals surface area contributed by atoms with Crippen LogP contribution in [0, 0.1) is 17.2 Å². The number of carbonyl (C=O) groups is 2. The molecule has 2 aromatic rings. The molecule has 0 aromatic heterocycles. The van der Waals surface area contributed by atoms with Crippen LogP contribution in [0.5, 0.6) is 0 Å². The fourth-order valence-electron chi connectivity index (χ4n) is 2.00. The minimum Gasteiger partial charge on any atom is -0.352 e. The molecule has 0 bridgehead atoms. The van der Waals surface area contributed by atoms with Crippen molar-refractivity contribution in [2.45, 2.75) is 13.8 Å². The van der Waals surface area contributed by atoms with Crippen LogP contribution >= 0.6 is 0 Å². The molecule has 0 saturated carbocycles. The molecule has 0 aliphatic carbocycles. The summed E-state index contributed by atoms with van der Waals surface area (Å²) in [7, 11) is 0. The Morgan fingerprint density at radius 3 is 2.00 bits per heavy atom. The van der Waals surface area contributed by atoms with Gasteiger partial charge in [-0.25, -0.2) is 0 Å². The van der Waals surface area contributed by atoms with Gasteiger partial charge in [-0.2, -0.15) is 5.26 Å². The molecule has 5 heteroatoms. The van der Waals surface area contributed by atoms with E-state index in [2.05, 4.69) is 10.6 Å². The fourth-order valence-corrected chi connectivity index (χ4v) is 2.00. The molecule has 2 N–H and O–H groups in total. The molecule has 0 unspecified atom stereocenters. The maximum atomic E-state index is 12.2. The number of amides is 2. The van der Waals surface area contributed by atoms with E-state index in [1.54, 1.807) is 48.5 Å². The zero-order valence-electron chi connectivity index (χ0n) is 13.7. The van der Waals surface area contributed by atoms with Crippen LogP contribution in [0.2, 0.25) is 0 Å². The average Bonchev–Trinajstić information content (AvgIpc) is 2.60. The number of hydrogen-bond donors (Lipinski definition) is 2. The van der Waals surface area contributed by atoms with Gasteiger partial charge in [0, 0.05) is 23.4 Å². The van der Waals surface area contributed by atoms with E-state index in [4.69, 9.17) is 5.26 Å². The lowest BCUT2D eigenvalue weighted by Gasteiger charge is -2.08. The first-order valence-corrected chi connectivity index (χ1v) is 7.69. The third kappa shape index (κ3) is 4.68. The highest BCUT2D eigenvalue weighted by atomic mass is 16.2. The highest BCUT2D eigenvalue weighted by molar-refractivity contribution is 6.05. The minimum absolute atomic E-state index is 0.150. The van der Waals surface area contributed by atoms with Gasteiger partial charge in [0.15, 0.2) is 0 Å². The lowest BCUT2D eigenvalue weighted by Crippen LogP contribution is -2.27. The molecule has 0 spiro atoms. The summed E-state index contributed by atoms with van der Waals surface area (Å²) in [5, 5.41) is 14.3. The third-order valence-electron chi connectivity index (χ3n) is 3.35. The lowest BCUT2D eigenvalue weighted by atomic mass is 10.1. The normalized spacial score (nSPS) is 10.1. The summed E-state index contributed by atoms with van der Waals surface area (Å²) in [5.41, 5.74) is 2.12. The van der Waals surface area contributed by atoms with Crippen molar-refractivity contribution in [2.24, 2.45) is 5.92 Å². The zero-order valence-corrected chi connectivity index (χ0v) is 13.7. The average molecular weight is 321 g/mol. The number of nitrogens with one attached hydrogen (secondary N) is 2. The van der Waals surface area contributed by atoms with Crippen molar-refractivity contribution in [2.75, 3.05) is 11.9 Å². The molecule has 0 saturated heterocycles. The Balaban J connectivity index is 2.00. The van der Waals surface area contributed by atoms with Gasteiger partial charge in [-0.1, -0.05) is 13.8 Å². The van der Waals surface area contributed by atoms with Gasteiger partial charge in [0.2, 0.25) is 0 Å². The van der Waals surface area contributed by atoms with Crippen LogP contribution in [-0.4, -0.2) is 18.4 Å². The maximum absolute atomic E-state index is 12.2. The molecule has 0 fully saturated rings. The summed E-state index contributed by atoms with van der Waals surface area (Å²) in [6.45, 7) is 4.66. The third-order valence-corrected chi connectivity index (χ3v) is 3.35. The largest absolute Gasteiger partial charge is 0.352 e. The van der Waals surface area contributed by atoms with Crippen LogP contribution in [0.15, 0.2) is 48.5 Å². The van der Waals surface area contributed by atoms with Crippen LogP contribution in [0.25, 0.3) is 0 Å². The molecule has 2 rings (SSSR count). The SMILES string of the molecule is CC(C)CNC(=O)c1ccc(C(=O)Nc2ccc(C#N)cc2)cc1. The Hall–Kier alpha value is -3.13. The van der Waals surface area contributed by atoms with Crippen LogP contribution < -0.4 is 10.6 Å². The van der Waals surface area contributed by atoms with Crippen LogP contribution in [0.1, 0.15) is 40.1 Å². The van der Waals surface area contributed by atoms with Crippen molar-refractivity contribution in [3.8, 4) is 6.07 Å². The molecule has 5 nitrogen and oxygen atoms in total. The minimum atomic E-state index is -0.270. The van der Waals surface area contributed by atoms with Gasteiger partial charge in [-0.05, 0) is 54.4 Å². The van der Waals surface area contributed by atoms with E-state index in [9.17, 15) is 9.59 Å². The van der Waals surface area contributed by atoms with E-state index in [-0.39, 0.29) is 11.8 Å². The van der Waals surface area contributed by atoms with E-state index in [0.29, 0.717) is 34.8 Å². The van der Waals surface area contributed by atoms with Crippen LogP contribution in [0.4, 0.5) is 5.69 Å². The Kier molecular flexibility index (Phi) is 5.69. The van der Waals surface area contributed by atoms with Crippen LogP contribution in [0.3, 0.4) is 0 Å². The van der Waals surface area contributed by atoms with Gasteiger partial charge in [0.1, 0.15) is 0 Å².